The van der Waals surface area contributed by atoms with E-state index in [0.29, 0.717) is 18.0 Å². The summed E-state index contributed by atoms with van der Waals surface area (Å²) in [7, 11) is -2.40. The molecule has 0 atom stereocenters. The van der Waals surface area contributed by atoms with Crippen molar-refractivity contribution in [1.29, 1.82) is 0 Å². The molecule has 0 unspecified atom stereocenters. The lowest BCUT2D eigenvalue weighted by atomic mass is 10.1. The van der Waals surface area contributed by atoms with Gasteiger partial charge in [-0.1, -0.05) is 29.8 Å². The number of anilines is 2. The normalized spacial score (nSPS) is 11.2. The number of hydrogen-bond donors (Lipinski definition) is 2. The second kappa shape index (κ2) is 9.51. The quantitative estimate of drug-likeness (QED) is 0.512. The van der Waals surface area contributed by atoms with E-state index in [0.717, 1.165) is 16.7 Å². The fraction of sp³-hybridized carbons (Fsp3) is 0.174. The summed E-state index contributed by atoms with van der Waals surface area (Å²) < 4.78 is 33.5. The topological polar surface area (TPSA) is 84.5 Å². The van der Waals surface area contributed by atoms with Gasteiger partial charge in [0.05, 0.1) is 11.6 Å². The van der Waals surface area contributed by atoms with Gasteiger partial charge in [0.1, 0.15) is 4.90 Å². The summed E-state index contributed by atoms with van der Waals surface area (Å²) in [6.07, 6.45) is 0. The highest BCUT2D eigenvalue weighted by Crippen LogP contribution is 2.26. The van der Waals surface area contributed by atoms with Crippen LogP contribution in [-0.2, 0) is 21.4 Å². The maximum absolute atomic E-state index is 12.9. The Morgan fingerprint density at radius 3 is 2.45 bits per heavy atom. The molecule has 0 aliphatic carbocycles. The molecule has 2 N–H and O–H groups in total. The number of benzene rings is 3. The Balaban J connectivity index is 1.85. The van der Waals surface area contributed by atoms with Crippen LogP contribution < -0.4 is 10.0 Å². The SMILES string of the molecule is COCc1cccc(NC(=O)c2ccc(Cl)c(S(=O)(=O)Nc3ccc(C)c(C)c3)c2)c1. The Labute approximate surface area is 187 Å². The van der Waals surface area contributed by atoms with E-state index in [-0.39, 0.29) is 15.5 Å². The number of sulfonamides is 1. The van der Waals surface area contributed by atoms with E-state index in [1.807, 2.05) is 26.0 Å². The molecule has 6 nitrogen and oxygen atoms in total. The van der Waals surface area contributed by atoms with Crippen LogP contribution in [0.5, 0.6) is 0 Å². The Kier molecular flexibility index (Phi) is 7.00. The minimum atomic E-state index is -4.00. The van der Waals surface area contributed by atoms with Crippen LogP contribution in [0.4, 0.5) is 11.4 Å². The second-order valence-corrected chi connectivity index (χ2v) is 9.20. The fourth-order valence-electron chi connectivity index (χ4n) is 2.97. The van der Waals surface area contributed by atoms with Crippen LogP contribution in [0.1, 0.15) is 27.0 Å². The zero-order valence-electron chi connectivity index (χ0n) is 17.4. The van der Waals surface area contributed by atoms with Crippen molar-refractivity contribution in [2.75, 3.05) is 17.1 Å². The van der Waals surface area contributed by atoms with Gasteiger partial charge < -0.3 is 10.1 Å². The van der Waals surface area contributed by atoms with E-state index in [1.54, 1.807) is 37.4 Å². The average molecular weight is 459 g/mol. The van der Waals surface area contributed by atoms with E-state index in [1.165, 1.54) is 18.2 Å². The highest BCUT2D eigenvalue weighted by atomic mass is 35.5. The monoisotopic (exact) mass is 458 g/mol. The summed E-state index contributed by atoms with van der Waals surface area (Å²) in [6.45, 7) is 4.25. The molecule has 0 bridgehead atoms. The first kappa shape index (κ1) is 22.8. The van der Waals surface area contributed by atoms with Crippen molar-refractivity contribution < 1.29 is 17.9 Å². The number of carbonyl (C=O) groups excluding carboxylic acids is 1. The van der Waals surface area contributed by atoms with Crippen LogP contribution in [0.3, 0.4) is 0 Å². The Morgan fingerprint density at radius 1 is 0.968 bits per heavy atom. The predicted molar refractivity (Wildman–Crippen MR) is 123 cm³/mol. The smallest absolute Gasteiger partial charge is 0.263 e. The van der Waals surface area contributed by atoms with Crippen LogP contribution in [0.15, 0.2) is 65.6 Å². The zero-order valence-corrected chi connectivity index (χ0v) is 19.0. The highest BCUT2D eigenvalue weighted by molar-refractivity contribution is 7.92. The number of carbonyl (C=O) groups is 1. The van der Waals surface area contributed by atoms with Gasteiger partial charge in [-0.2, -0.15) is 0 Å². The third-order valence-corrected chi connectivity index (χ3v) is 6.60. The van der Waals surface area contributed by atoms with Crippen molar-refractivity contribution in [3.63, 3.8) is 0 Å². The van der Waals surface area contributed by atoms with Gasteiger partial charge in [-0.15, -0.1) is 0 Å². The van der Waals surface area contributed by atoms with Crippen LogP contribution >= 0.6 is 11.6 Å². The maximum Gasteiger partial charge on any atom is 0.263 e. The van der Waals surface area contributed by atoms with Gasteiger partial charge in [-0.05, 0) is 73.0 Å². The van der Waals surface area contributed by atoms with Gasteiger partial charge >= 0.3 is 0 Å². The molecule has 0 spiro atoms. The van der Waals surface area contributed by atoms with E-state index >= 15 is 0 Å². The first-order chi connectivity index (χ1) is 14.7. The summed E-state index contributed by atoms with van der Waals surface area (Å²) in [5.74, 6) is -0.450. The van der Waals surface area contributed by atoms with Gasteiger partial charge in [-0.3, -0.25) is 9.52 Å². The summed E-state index contributed by atoms with van der Waals surface area (Å²) >= 11 is 6.16. The average Bonchev–Trinajstić information content (AvgIpc) is 2.71. The van der Waals surface area contributed by atoms with Gasteiger partial charge in [-0.25, -0.2) is 8.42 Å². The van der Waals surface area contributed by atoms with Crippen molar-refractivity contribution in [3.8, 4) is 0 Å². The minimum absolute atomic E-state index is 0.0231. The molecule has 0 saturated carbocycles. The molecule has 3 rings (SSSR count). The molecule has 31 heavy (non-hydrogen) atoms. The molecule has 3 aromatic rings. The molecule has 0 aliphatic rings. The van der Waals surface area contributed by atoms with E-state index in [2.05, 4.69) is 10.0 Å². The molecule has 0 aliphatic heterocycles. The fourth-order valence-corrected chi connectivity index (χ4v) is 4.55. The lowest BCUT2D eigenvalue weighted by Crippen LogP contribution is -2.16. The zero-order chi connectivity index (χ0) is 22.6. The van der Waals surface area contributed by atoms with Gasteiger partial charge in [0.25, 0.3) is 15.9 Å². The van der Waals surface area contributed by atoms with Crippen molar-refractivity contribution in [1.82, 2.24) is 0 Å². The molecule has 0 saturated heterocycles. The molecular weight excluding hydrogens is 436 g/mol. The number of aryl methyl sites for hydroxylation is 2. The largest absolute Gasteiger partial charge is 0.380 e. The molecule has 0 fully saturated rings. The third-order valence-electron chi connectivity index (χ3n) is 4.74. The first-order valence-corrected chi connectivity index (χ1v) is 11.3. The minimum Gasteiger partial charge on any atom is -0.380 e. The lowest BCUT2D eigenvalue weighted by Gasteiger charge is -2.13. The second-order valence-electron chi connectivity index (χ2n) is 7.14. The van der Waals surface area contributed by atoms with Crippen molar-refractivity contribution in [3.05, 3.63) is 87.9 Å². The molecule has 162 valence electrons. The van der Waals surface area contributed by atoms with E-state index < -0.39 is 15.9 Å². The molecule has 0 heterocycles. The van der Waals surface area contributed by atoms with Gasteiger partial charge in [0, 0.05) is 24.0 Å². The van der Waals surface area contributed by atoms with Crippen LogP contribution in [0.2, 0.25) is 5.02 Å². The lowest BCUT2D eigenvalue weighted by molar-refractivity contribution is 0.102. The number of halogens is 1. The van der Waals surface area contributed by atoms with Gasteiger partial charge in [0.15, 0.2) is 0 Å². The molecule has 1 amide bonds. The Hall–Kier alpha value is -2.87. The first-order valence-electron chi connectivity index (χ1n) is 9.48. The molecule has 0 aromatic heterocycles. The highest BCUT2D eigenvalue weighted by Gasteiger charge is 2.21. The third kappa shape index (κ3) is 5.64. The van der Waals surface area contributed by atoms with Crippen molar-refractivity contribution in [2.45, 2.75) is 25.3 Å². The summed E-state index contributed by atoms with van der Waals surface area (Å²) in [6, 6.07) is 16.6. The van der Waals surface area contributed by atoms with Crippen molar-refractivity contribution in [2.24, 2.45) is 0 Å². The number of hydrogen-bond acceptors (Lipinski definition) is 4. The number of methoxy groups -OCH3 is 1. The summed E-state index contributed by atoms with van der Waals surface area (Å²) in [4.78, 5) is 12.5. The van der Waals surface area contributed by atoms with Crippen LogP contribution in [0.25, 0.3) is 0 Å². The standard InChI is InChI=1S/C23H23ClN2O4S/c1-15-7-9-20(11-16(15)2)26-31(28,29)22-13-18(8-10-21(22)24)23(27)25-19-6-4-5-17(12-19)14-30-3/h4-13,26H,14H2,1-3H3,(H,25,27). The Bertz CT molecular complexity index is 1230. The predicted octanol–water partition coefficient (Wildman–Crippen LogP) is 5.16. The summed E-state index contributed by atoms with van der Waals surface area (Å²) in [5.41, 5.74) is 4.07. The number of amides is 1. The molecule has 0 radical (unpaired) electrons. The molecule has 3 aromatic carbocycles. The van der Waals surface area contributed by atoms with Crippen LogP contribution in [-0.4, -0.2) is 21.4 Å². The van der Waals surface area contributed by atoms with E-state index in [9.17, 15) is 13.2 Å². The van der Waals surface area contributed by atoms with Crippen molar-refractivity contribution >= 4 is 38.9 Å². The number of rotatable bonds is 7. The molecular formula is C23H23ClN2O4S. The van der Waals surface area contributed by atoms with Crippen LogP contribution in [0, 0.1) is 13.8 Å². The summed E-state index contributed by atoms with van der Waals surface area (Å²) in [5, 5.41) is 2.79. The maximum atomic E-state index is 12.9. The number of ether oxygens (including phenoxy) is 1. The Morgan fingerprint density at radius 2 is 1.74 bits per heavy atom. The van der Waals surface area contributed by atoms with Gasteiger partial charge in [0.2, 0.25) is 0 Å². The molecule has 8 heteroatoms. The van der Waals surface area contributed by atoms with E-state index in [4.69, 9.17) is 16.3 Å². The number of nitrogens with one attached hydrogen (secondary N) is 2.